The molecule has 0 heterocycles. The third kappa shape index (κ3) is 1.61. The molecule has 13 heavy (non-hydrogen) atoms. The molecular formula is C12H16O. The van der Waals surface area contributed by atoms with Crippen molar-refractivity contribution in [2.75, 3.05) is 0 Å². The Labute approximate surface area is 79.4 Å². The van der Waals surface area contributed by atoms with Crippen molar-refractivity contribution < 1.29 is 5.11 Å². The van der Waals surface area contributed by atoms with Crippen molar-refractivity contribution in [3.05, 3.63) is 34.9 Å². The smallest absolute Gasteiger partial charge is 0.0787 e. The molecule has 1 aliphatic rings. The molecule has 1 aliphatic carbocycles. The topological polar surface area (TPSA) is 20.2 Å². The van der Waals surface area contributed by atoms with E-state index in [9.17, 15) is 5.11 Å². The number of rotatable bonds is 2. The summed E-state index contributed by atoms with van der Waals surface area (Å²) in [7, 11) is 0. The number of aliphatic hydroxyl groups is 1. The summed E-state index contributed by atoms with van der Waals surface area (Å²) in [5.41, 5.74) is 4.01. The molecule has 0 amide bonds. The van der Waals surface area contributed by atoms with Crippen molar-refractivity contribution in [1.29, 1.82) is 0 Å². The molecule has 1 aromatic carbocycles. The predicted molar refractivity (Wildman–Crippen MR) is 53.7 cm³/mol. The maximum atomic E-state index is 9.66. The quantitative estimate of drug-likeness (QED) is 0.734. The molecule has 0 radical (unpaired) electrons. The molecule has 0 spiro atoms. The molecule has 0 bridgehead atoms. The first-order valence-electron chi connectivity index (χ1n) is 5.11. The van der Waals surface area contributed by atoms with E-state index in [1.54, 1.807) is 0 Å². The highest BCUT2D eigenvalue weighted by atomic mass is 16.3. The lowest BCUT2D eigenvalue weighted by Crippen LogP contribution is -1.96. The molecule has 70 valence electrons. The largest absolute Gasteiger partial charge is 0.388 e. The van der Waals surface area contributed by atoms with Crippen LogP contribution in [0.5, 0.6) is 0 Å². The van der Waals surface area contributed by atoms with Gasteiger partial charge in [-0.1, -0.05) is 25.1 Å². The SMILES string of the molecule is CC[C@@H](O)c1ccc2c(c1)CCC2. The Kier molecular flexibility index (Phi) is 2.36. The number of fused-ring (bicyclic) bond motifs is 1. The molecule has 1 nitrogen and oxygen atoms in total. The van der Waals surface area contributed by atoms with Gasteiger partial charge in [0.25, 0.3) is 0 Å². The van der Waals surface area contributed by atoms with Gasteiger partial charge in [-0.25, -0.2) is 0 Å². The van der Waals surface area contributed by atoms with Crippen molar-refractivity contribution in [2.45, 2.75) is 38.7 Å². The standard InChI is InChI=1S/C12H16O/c1-2-12(13)11-7-6-9-4-3-5-10(9)8-11/h6-8,12-13H,2-5H2,1H3/t12-/m1/s1. The molecule has 1 atom stereocenters. The van der Waals surface area contributed by atoms with E-state index in [2.05, 4.69) is 18.2 Å². The summed E-state index contributed by atoms with van der Waals surface area (Å²) in [5, 5.41) is 9.66. The van der Waals surface area contributed by atoms with Crippen molar-refractivity contribution in [2.24, 2.45) is 0 Å². The molecule has 0 saturated heterocycles. The van der Waals surface area contributed by atoms with Gasteiger partial charge in [0.1, 0.15) is 0 Å². The van der Waals surface area contributed by atoms with Gasteiger partial charge in [0, 0.05) is 0 Å². The number of hydrogen-bond acceptors (Lipinski definition) is 1. The molecule has 0 aromatic heterocycles. The molecule has 2 rings (SSSR count). The summed E-state index contributed by atoms with van der Waals surface area (Å²) < 4.78 is 0. The van der Waals surface area contributed by atoms with Gasteiger partial charge in [0.2, 0.25) is 0 Å². The lowest BCUT2D eigenvalue weighted by Gasteiger charge is -2.09. The summed E-state index contributed by atoms with van der Waals surface area (Å²) >= 11 is 0. The minimum atomic E-state index is -0.272. The number of aryl methyl sites for hydroxylation is 2. The second-order valence-electron chi connectivity index (χ2n) is 3.81. The van der Waals surface area contributed by atoms with Crippen molar-refractivity contribution in [3.63, 3.8) is 0 Å². The summed E-state index contributed by atoms with van der Waals surface area (Å²) in [6.07, 6.45) is 4.22. The first-order chi connectivity index (χ1) is 6.31. The normalized spacial score (nSPS) is 17.1. The van der Waals surface area contributed by atoms with E-state index >= 15 is 0 Å². The van der Waals surface area contributed by atoms with E-state index in [0.29, 0.717) is 0 Å². The average molecular weight is 176 g/mol. The Bertz CT molecular complexity index is 304. The zero-order valence-corrected chi connectivity index (χ0v) is 8.09. The van der Waals surface area contributed by atoms with Crippen LogP contribution in [0.1, 0.15) is 42.6 Å². The Morgan fingerprint density at radius 3 is 2.85 bits per heavy atom. The first kappa shape index (κ1) is 8.76. The number of aliphatic hydroxyl groups excluding tert-OH is 1. The zero-order valence-electron chi connectivity index (χ0n) is 8.09. The molecule has 1 aromatic rings. The van der Waals surface area contributed by atoms with E-state index in [4.69, 9.17) is 0 Å². The van der Waals surface area contributed by atoms with Crippen LogP contribution in [-0.4, -0.2) is 5.11 Å². The first-order valence-corrected chi connectivity index (χ1v) is 5.11. The minimum Gasteiger partial charge on any atom is -0.388 e. The Morgan fingerprint density at radius 1 is 1.31 bits per heavy atom. The van der Waals surface area contributed by atoms with Gasteiger partial charge in [0.05, 0.1) is 6.10 Å². The van der Waals surface area contributed by atoms with Gasteiger partial charge in [-0.2, -0.15) is 0 Å². The van der Waals surface area contributed by atoms with Crippen LogP contribution in [-0.2, 0) is 12.8 Å². The van der Waals surface area contributed by atoms with Crippen LogP contribution in [0.2, 0.25) is 0 Å². The summed E-state index contributed by atoms with van der Waals surface area (Å²) in [4.78, 5) is 0. The third-order valence-electron chi connectivity index (χ3n) is 2.89. The van der Waals surface area contributed by atoms with E-state index < -0.39 is 0 Å². The molecule has 0 fully saturated rings. The number of hydrogen-bond donors (Lipinski definition) is 1. The fraction of sp³-hybridized carbons (Fsp3) is 0.500. The van der Waals surface area contributed by atoms with Crippen LogP contribution >= 0.6 is 0 Å². The van der Waals surface area contributed by atoms with Crippen LogP contribution < -0.4 is 0 Å². The molecule has 0 saturated carbocycles. The highest BCUT2D eigenvalue weighted by Crippen LogP contribution is 2.26. The van der Waals surface area contributed by atoms with Gasteiger partial charge in [0.15, 0.2) is 0 Å². The fourth-order valence-corrected chi connectivity index (χ4v) is 2.03. The monoisotopic (exact) mass is 176 g/mol. The van der Waals surface area contributed by atoms with Crippen molar-refractivity contribution >= 4 is 0 Å². The molecule has 0 aliphatic heterocycles. The van der Waals surface area contributed by atoms with E-state index in [0.717, 1.165) is 12.0 Å². The second kappa shape index (κ2) is 3.51. The zero-order chi connectivity index (χ0) is 9.26. The minimum absolute atomic E-state index is 0.272. The molecule has 1 heteroatoms. The van der Waals surface area contributed by atoms with E-state index in [-0.39, 0.29) is 6.10 Å². The van der Waals surface area contributed by atoms with Crippen LogP contribution in [0, 0.1) is 0 Å². The van der Waals surface area contributed by atoms with Gasteiger partial charge in [-0.15, -0.1) is 0 Å². The van der Waals surface area contributed by atoms with Gasteiger partial charge >= 0.3 is 0 Å². The summed E-state index contributed by atoms with van der Waals surface area (Å²) in [6.45, 7) is 2.01. The Hall–Kier alpha value is -0.820. The third-order valence-corrected chi connectivity index (χ3v) is 2.89. The Morgan fingerprint density at radius 2 is 2.08 bits per heavy atom. The van der Waals surface area contributed by atoms with E-state index in [1.165, 1.54) is 30.4 Å². The highest BCUT2D eigenvalue weighted by molar-refractivity contribution is 5.36. The van der Waals surface area contributed by atoms with Gasteiger partial charge in [-0.05, 0) is 42.4 Å². The summed E-state index contributed by atoms with van der Waals surface area (Å²) in [5.74, 6) is 0. The highest BCUT2D eigenvalue weighted by Gasteiger charge is 2.12. The predicted octanol–water partition coefficient (Wildman–Crippen LogP) is 2.62. The lowest BCUT2D eigenvalue weighted by atomic mass is 10.0. The fourth-order valence-electron chi connectivity index (χ4n) is 2.03. The Balaban J connectivity index is 2.30. The average Bonchev–Trinajstić information content (AvgIpc) is 2.63. The molecule has 1 N–H and O–H groups in total. The maximum Gasteiger partial charge on any atom is 0.0787 e. The van der Waals surface area contributed by atoms with Gasteiger partial charge < -0.3 is 5.11 Å². The molecular weight excluding hydrogens is 160 g/mol. The van der Waals surface area contributed by atoms with E-state index in [1.807, 2.05) is 6.92 Å². The van der Waals surface area contributed by atoms with Crippen LogP contribution in [0.4, 0.5) is 0 Å². The second-order valence-corrected chi connectivity index (χ2v) is 3.81. The summed E-state index contributed by atoms with van der Waals surface area (Å²) in [6, 6.07) is 6.42. The van der Waals surface area contributed by atoms with Crippen molar-refractivity contribution in [3.8, 4) is 0 Å². The van der Waals surface area contributed by atoms with Crippen LogP contribution in [0.25, 0.3) is 0 Å². The van der Waals surface area contributed by atoms with Gasteiger partial charge in [-0.3, -0.25) is 0 Å². The van der Waals surface area contributed by atoms with Crippen molar-refractivity contribution in [1.82, 2.24) is 0 Å². The van der Waals surface area contributed by atoms with Crippen LogP contribution in [0.15, 0.2) is 18.2 Å². The molecule has 0 unspecified atom stereocenters. The lowest BCUT2D eigenvalue weighted by molar-refractivity contribution is 0.173. The number of benzene rings is 1. The maximum absolute atomic E-state index is 9.66. The van der Waals surface area contributed by atoms with Crippen LogP contribution in [0.3, 0.4) is 0 Å².